The summed E-state index contributed by atoms with van der Waals surface area (Å²) in [5.41, 5.74) is 2.65. The van der Waals surface area contributed by atoms with Gasteiger partial charge in [0, 0.05) is 17.5 Å². The topological polar surface area (TPSA) is 46.2 Å². The second-order valence-electron chi connectivity index (χ2n) is 4.85. The second-order valence-corrected chi connectivity index (χ2v) is 5.66. The molecule has 108 valence electrons. The Balaban J connectivity index is 1.92. The van der Waals surface area contributed by atoms with Crippen molar-refractivity contribution in [1.29, 1.82) is 0 Å². The lowest BCUT2D eigenvalue weighted by molar-refractivity contribution is -0.112. The number of rotatable bonds is 3. The third-order valence-electron chi connectivity index (χ3n) is 3.21. The first kappa shape index (κ1) is 15.3. The summed E-state index contributed by atoms with van der Waals surface area (Å²) in [6.45, 7) is 3.85. The molecule has 0 fully saturated rings. The van der Waals surface area contributed by atoms with Gasteiger partial charge in [0.05, 0.1) is 5.92 Å². The van der Waals surface area contributed by atoms with E-state index in [2.05, 4.69) is 4.72 Å². The highest BCUT2D eigenvalue weighted by molar-refractivity contribution is 8.12. The van der Waals surface area contributed by atoms with Crippen LogP contribution in [0.3, 0.4) is 0 Å². The van der Waals surface area contributed by atoms with E-state index in [9.17, 15) is 9.59 Å². The Labute approximate surface area is 128 Å². The molecule has 1 N–H and O–H groups in total. The average molecular weight is 299 g/mol. The zero-order valence-corrected chi connectivity index (χ0v) is 12.8. The van der Waals surface area contributed by atoms with Crippen LogP contribution in [0.25, 0.3) is 0 Å². The van der Waals surface area contributed by atoms with Gasteiger partial charge in [-0.25, -0.2) is 0 Å². The number of hydrogen-bond acceptors (Lipinski definition) is 3. The minimum absolute atomic E-state index is 0.0804. The van der Waals surface area contributed by atoms with Crippen molar-refractivity contribution in [2.24, 2.45) is 0 Å². The lowest BCUT2D eigenvalue weighted by Crippen LogP contribution is -2.20. The Morgan fingerprint density at radius 3 is 2.24 bits per heavy atom. The van der Waals surface area contributed by atoms with Gasteiger partial charge in [0.1, 0.15) is 0 Å². The molecule has 0 bridgehead atoms. The van der Waals surface area contributed by atoms with Crippen LogP contribution in [0.4, 0.5) is 0 Å². The van der Waals surface area contributed by atoms with Crippen molar-refractivity contribution in [3.63, 3.8) is 0 Å². The Morgan fingerprint density at radius 1 is 1.00 bits per heavy atom. The van der Waals surface area contributed by atoms with Crippen LogP contribution in [0, 0.1) is 6.92 Å². The standard InChI is InChI=1S/C17H17NO2S/c1-12-8-10-14(11-9-12)13(2)17(20)21-18-16(19)15-6-4-3-5-7-15/h3-11,13H,1-2H3,(H,18,19). The van der Waals surface area contributed by atoms with Crippen LogP contribution in [-0.4, -0.2) is 11.0 Å². The van der Waals surface area contributed by atoms with Gasteiger partial charge in [-0.1, -0.05) is 55.0 Å². The van der Waals surface area contributed by atoms with Crippen LogP contribution in [0.1, 0.15) is 34.3 Å². The van der Waals surface area contributed by atoms with E-state index in [1.165, 1.54) is 0 Å². The zero-order valence-electron chi connectivity index (χ0n) is 12.0. The molecule has 1 atom stereocenters. The van der Waals surface area contributed by atoms with E-state index in [0.717, 1.165) is 23.1 Å². The van der Waals surface area contributed by atoms with Gasteiger partial charge in [0.2, 0.25) is 5.12 Å². The second kappa shape index (κ2) is 7.09. The largest absolute Gasteiger partial charge is 0.289 e. The minimum atomic E-state index is -0.259. The fourth-order valence-corrected chi connectivity index (χ4v) is 2.45. The number of aryl methyl sites for hydroxylation is 1. The van der Waals surface area contributed by atoms with Crippen LogP contribution >= 0.6 is 11.9 Å². The van der Waals surface area contributed by atoms with Crippen molar-refractivity contribution >= 4 is 23.0 Å². The maximum Gasteiger partial charge on any atom is 0.261 e. The van der Waals surface area contributed by atoms with Crippen molar-refractivity contribution in [2.45, 2.75) is 19.8 Å². The molecule has 0 heterocycles. The molecule has 0 aromatic heterocycles. The van der Waals surface area contributed by atoms with Crippen molar-refractivity contribution < 1.29 is 9.59 Å². The van der Waals surface area contributed by atoms with E-state index in [0.29, 0.717) is 5.56 Å². The highest BCUT2D eigenvalue weighted by atomic mass is 32.2. The lowest BCUT2D eigenvalue weighted by atomic mass is 10.0. The molecule has 21 heavy (non-hydrogen) atoms. The first-order chi connectivity index (χ1) is 10.1. The van der Waals surface area contributed by atoms with Gasteiger partial charge >= 0.3 is 0 Å². The molecule has 1 amide bonds. The molecule has 0 radical (unpaired) electrons. The van der Waals surface area contributed by atoms with Gasteiger partial charge in [-0.3, -0.25) is 14.3 Å². The average Bonchev–Trinajstić information content (AvgIpc) is 2.53. The van der Waals surface area contributed by atoms with Gasteiger partial charge < -0.3 is 0 Å². The van der Waals surface area contributed by atoms with E-state index in [1.807, 2.05) is 44.2 Å². The summed E-state index contributed by atoms with van der Waals surface area (Å²) >= 11 is 0.848. The first-order valence-corrected chi connectivity index (χ1v) is 7.52. The Hall–Kier alpha value is -2.07. The smallest absolute Gasteiger partial charge is 0.261 e. The number of carbonyl (C=O) groups excluding carboxylic acids is 2. The van der Waals surface area contributed by atoms with Crippen molar-refractivity contribution in [3.8, 4) is 0 Å². The first-order valence-electron chi connectivity index (χ1n) is 6.70. The van der Waals surface area contributed by atoms with E-state index >= 15 is 0 Å². The van der Waals surface area contributed by atoms with Crippen LogP contribution in [0.5, 0.6) is 0 Å². The predicted octanol–water partition coefficient (Wildman–Crippen LogP) is 3.70. The molecule has 4 heteroatoms. The molecule has 3 nitrogen and oxygen atoms in total. The molecule has 2 aromatic rings. The zero-order chi connectivity index (χ0) is 15.2. The molecule has 0 aliphatic heterocycles. The van der Waals surface area contributed by atoms with Crippen molar-refractivity contribution in [1.82, 2.24) is 4.72 Å². The fourth-order valence-electron chi connectivity index (χ4n) is 1.82. The number of amides is 1. The van der Waals surface area contributed by atoms with Crippen molar-refractivity contribution in [3.05, 3.63) is 71.3 Å². The number of nitrogens with one attached hydrogen (secondary N) is 1. The van der Waals surface area contributed by atoms with E-state index in [-0.39, 0.29) is 16.9 Å². The maximum absolute atomic E-state index is 12.1. The molecule has 2 aromatic carbocycles. The molecule has 0 aliphatic rings. The third-order valence-corrected chi connectivity index (χ3v) is 4.05. The van der Waals surface area contributed by atoms with Crippen LogP contribution < -0.4 is 4.72 Å². The summed E-state index contributed by atoms with van der Waals surface area (Å²) < 4.78 is 2.59. The van der Waals surface area contributed by atoms with Gasteiger partial charge in [-0.05, 0) is 24.6 Å². The summed E-state index contributed by atoms with van der Waals surface area (Å²) in [6.07, 6.45) is 0. The van der Waals surface area contributed by atoms with E-state index < -0.39 is 0 Å². The number of carbonyl (C=O) groups is 2. The lowest BCUT2D eigenvalue weighted by Gasteiger charge is -2.11. The van der Waals surface area contributed by atoms with Crippen molar-refractivity contribution in [2.75, 3.05) is 0 Å². The van der Waals surface area contributed by atoms with E-state index in [1.54, 1.807) is 24.3 Å². The normalized spacial score (nSPS) is 11.7. The predicted molar refractivity (Wildman–Crippen MR) is 86.1 cm³/mol. The molecule has 2 rings (SSSR count). The summed E-state index contributed by atoms with van der Waals surface area (Å²) in [4.78, 5) is 24.0. The monoisotopic (exact) mass is 299 g/mol. The van der Waals surface area contributed by atoms with Crippen LogP contribution in [-0.2, 0) is 4.79 Å². The molecular weight excluding hydrogens is 282 g/mol. The van der Waals surface area contributed by atoms with Crippen LogP contribution in [0.15, 0.2) is 54.6 Å². The highest BCUT2D eigenvalue weighted by Gasteiger charge is 2.17. The summed E-state index contributed by atoms with van der Waals surface area (Å²) in [5, 5.41) is -0.0804. The molecule has 1 unspecified atom stereocenters. The Kier molecular flexibility index (Phi) is 5.17. The Bertz CT molecular complexity index is 623. The number of hydrogen-bond donors (Lipinski definition) is 1. The van der Waals surface area contributed by atoms with Gasteiger partial charge in [0.15, 0.2) is 0 Å². The van der Waals surface area contributed by atoms with Gasteiger partial charge in [-0.2, -0.15) is 0 Å². The maximum atomic E-state index is 12.1. The summed E-state index contributed by atoms with van der Waals surface area (Å²) in [7, 11) is 0. The number of benzene rings is 2. The van der Waals surface area contributed by atoms with E-state index in [4.69, 9.17) is 0 Å². The molecule has 0 saturated heterocycles. The fraction of sp³-hybridized carbons (Fsp3) is 0.176. The molecular formula is C17H17NO2S. The minimum Gasteiger partial charge on any atom is -0.289 e. The molecule has 0 spiro atoms. The van der Waals surface area contributed by atoms with Gasteiger partial charge in [-0.15, -0.1) is 0 Å². The summed E-state index contributed by atoms with van der Waals surface area (Å²) in [5.74, 6) is -0.517. The third kappa shape index (κ3) is 4.20. The summed E-state index contributed by atoms with van der Waals surface area (Å²) in [6, 6.07) is 16.7. The van der Waals surface area contributed by atoms with Crippen LogP contribution in [0.2, 0.25) is 0 Å². The van der Waals surface area contributed by atoms with Gasteiger partial charge in [0.25, 0.3) is 5.91 Å². The highest BCUT2D eigenvalue weighted by Crippen LogP contribution is 2.21. The SMILES string of the molecule is Cc1ccc(C(C)C(=O)SNC(=O)c2ccccc2)cc1. The molecule has 0 saturated carbocycles. The molecule has 0 aliphatic carbocycles. The Morgan fingerprint density at radius 2 is 1.62 bits per heavy atom. The quantitative estimate of drug-likeness (QED) is 0.879.